The Morgan fingerprint density at radius 3 is 1.92 bits per heavy atom. The summed E-state index contributed by atoms with van der Waals surface area (Å²) < 4.78 is 34.1. The molecular weight excluding hydrogens is 330 g/mol. The van der Waals surface area contributed by atoms with E-state index in [4.69, 9.17) is 4.74 Å². The van der Waals surface area contributed by atoms with Crippen LogP contribution >= 0.6 is 0 Å². The lowest BCUT2D eigenvalue weighted by Crippen LogP contribution is -2.50. The molecule has 0 spiro atoms. The van der Waals surface area contributed by atoms with Crippen molar-refractivity contribution in [2.24, 2.45) is 5.92 Å². The zero-order chi connectivity index (χ0) is 17.0. The Balaban J connectivity index is 1.54. The van der Waals surface area contributed by atoms with Crippen molar-refractivity contribution in [3.05, 3.63) is 0 Å². The second-order valence-corrected chi connectivity index (χ2v) is 8.86. The maximum Gasteiger partial charge on any atom is 0.281 e. The summed E-state index contributed by atoms with van der Waals surface area (Å²) in [4.78, 5) is 14.4. The van der Waals surface area contributed by atoms with Crippen molar-refractivity contribution >= 4 is 16.1 Å². The minimum Gasteiger partial charge on any atom is -0.378 e. The van der Waals surface area contributed by atoms with Crippen LogP contribution in [-0.2, 0) is 19.7 Å². The summed E-state index contributed by atoms with van der Waals surface area (Å²) >= 11 is 0. The van der Waals surface area contributed by atoms with Crippen LogP contribution in [0.15, 0.2) is 0 Å². The Hall–Kier alpha value is -0.700. The van der Waals surface area contributed by atoms with Crippen molar-refractivity contribution in [3.8, 4) is 0 Å². The summed E-state index contributed by atoms with van der Waals surface area (Å²) in [7, 11) is -3.36. The van der Waals surface area contributed by atoms with Gasteiger partial charge in [0.1, 0.15) is 0 Å². The Morgan fingerprint density at radius 1 is 0.792 bits per heavy atom. The molecule has 3 saturated heterocycles. The molecule has 8 heteroatoms. The lowest BCUT2D eigenvalue weighted by Gasteiger charge is -2.36. The van der Waals surface area contributed by atoms with E-state index < -0.39 is 10.2 Å². The molecule has 0 aromatic carbocycles. The number of amides is 1. The highest BCUT2D eigenvalue weighted by Gasteiger charge is 2.36. The average molecular weight is 359 g/mol. The molecule has 0 N–H and O–H groups in total. The Morgan fingerprint density at radius 2 is 1.33 bits per heavy atom. The van der Waals surface area contributed by atoms with E-state index in [0.717, 1.165) is 25.7 Å². The predicted molar refractivity (Wildman–Crippen MR) is 90.7 cm³/mol. The summed E-state index contributed by atoms with van der Waals surface area (Å²) in [5.74, 6) is 0.129. The first-order valence-corrected chi connectivity index (χ1v) is 10.6. The van der Waals surface area contributed by atoms with Crippen LogP contribution in [0.25, 0.3) is 0 Å². The lowest BCUT2D eigenvalue weighted by atomic mass is 9.96. The van der Waals surface area contributed by atoms with Gasteiger partial charge in [-0.15, -0.1) is 0 Å². The molecule has 0 aromatic heterocycles. The average Bonchev–Trinajstić information content (AvgIpc) is 2.92. The smallest absolute Gasteiger partial charge is 0.281 e. The van der Waals surface area contributed by atoms with Gasteiger partial charge >= 0.3 is 0 Å². The van der Waals surface area contributed by atoms with Crippen molar-refractivity contribution < 1.29 is 17.9 Å². The largest absolute Gasteiger partial charge is 0.378 e. The third kappa shape index (κ3) is 4.09. The van der Waals surface area contributed by atoms with E-state index in [0.29, 0.717) is 65.3 Å². The van der Waals surface area contributed by atoms with E-state index in [2.05, 4.69) is 0 Å². The Kier molecular flexibility index (Phi) is 6.12. The van der Waals surface area contributed by atoms with Crippen molar-refractivity contribution in [2.45, 2.75) is 38.5 Å². The highest BCUT2D eigenvalue weighted by molar-refractivity contribution is 7.86. The molecular formula is C16H29N3O4S. The fourth-order valence-electron chi connectivity index (χ4n) is 3.81. The first-order valence-electron chi connectivity index (χ1n) is 9.21. The second kappa shape index (κ2) is 8.12. The number of nitrogens with zero attached hydrogens (tertiary/aromatic N) is 3. The van der Waals surface area contributed by atoms with Crippen molar-refractivity contribution in [2.75, 3.05) is 52.5 Å². The SMILES string of the molecule is O=C(C1CCN(S(=O)(=O)N2CCCCCC2)CC1)N1CCOCC1. The number of carbonyl (C=O) groups is 1. The van der Waals surface area contributed by atoms with Gasteiger partial charge in [-0.05, 0) is 25.7 Å². The number of hydrogen-bond acceptors (Lipinski definition) is 4. The fourth-order valence-corrected chi connectivity index (χ4v) is 5.53. The minimum atomic E-state index is -3.36. The fraction of sp³-hybridized carbons (Fsp3) is 0.938. The van der Waals surface area contributed by atoms with Crippen molar-refractivity contribution in [1.29, 1.82) is 0 Å². The molecule has 0 saturated carbocycles. The van der Waals surface area contributed by atoms with E-state index in [1.807, 2.05) is 4.90 Å². The van der Waals surface area contributed by atoms with E-state index in [9.17, 15) is 13.2 Å². The maximum absolute atomic E-state index is 12.8. The lowest BCUT2D eigenvalue weighted by molar-refractivity contribution is -0.140. The summed E-state index contributed by atoms with van der Waals surface area (Å²) in [5.41, 5.74) is 0. The third-order valence-corrected chi connectivity index (χ3v) is 7.38. The van der Waals surface area contributed by atoms with Crippen LogP contribution < -0.4 is 0 Å². The van der Waals surface area contributed by atoms with Crippen LogP contribution in [0.1, 0.15) is 38.5 Å². The van der Waals surface area contributed by atoms with Crippen LogP contribution in [0.2, 0.25) is 0 Å². The highest BCUT2D eigenvalue weighted by atomic mass is 32.2. The van der Waals surface area contributed by atoms with Crippen LogP contribution in [0.4, 0.5) is 0 Å². The summed E-state index contributed by atoms with van der Waals surface area (Å²) in [6.45, 7) is 4.71. The highest BCUT2D eigenvalue weighted by Crippen LogP contribution is 2.25. The molecule has 3 aliphatic heterocycles. The van der Waals surface area contributed by atoms with Gasteiger partial charge in [0.25, 0.3) is 10.2 Å². The number of ether oxygens (including phenoxy) is 1. The summed E-state index contributed by atoms with van der Waals surface area (Å²) in [6.07, 6.45) is 5.38. The maximum atomic E-state index is 12.8. The van der Waals surface area contributed by atoms with Gasteiger partial charge in [0.15, 0.2) is 0 Å². The topological polar surface area (TPSA) is 70.2 Å². The molecule has 24 heavy (non-hydrogen) atoms. The molecule has 3 fully saturated rings. The molecule has 3 heterocycles. The van der Waals surface area contributed by atoms with E-state index in [1.165, 1.54) is 0 Å². The minimum absolute atomic E-state index is 0.0429. The van der Waals surface area contributed by atoms with Gasteiger partial charge < -0.3 is 9.64 Å². The summed E-state index contributed by atoms with van der Waals surface area (Å²) in [6, 6.07) is 0. The number of rotatable bonds is 3. The quantitative estimate of drug-likeness (QED) is 0.743. The van der Waals surface area contributed by atoms with Gasteiger partial charge in [-0.2, -0.15) is 17.0 Å². The molecule has 3 rings (SSSR count). The van der Waals surface area contributed by atoms with Gasteiger partial charge in [0.2, 0.25) is 5.91 Å². The molecule has 0 aliphatic carbocycles. The standard InChI is InChI=1S/C16H29N3O4S/c20-16(17-11-13-23-14-12-17)15-5-9-19(10-6-15)24(21,22)18-7-3-1-2-4-8-18/h15H,1-14H2. The zero-order valence-electron chi connectivity index (χ0n) is 14.4. The molecule has 0 unspecified atom stereocenters. The summed E-state index contributed by atoms with van der Waals surface area (Å²) in [5, 5.41) is 0. The van der Waals surface area contributed by atoms with Gasteiger partial charge in [-0.3, -0.25) is 4.79 Å². The zero-order valence-corrected chi connectivity index (χ0v) is 15.2. The van der Waals surface area contributed by atoms with Crippen LogP contribution in [0.3, 0.4) is 0 Å². The van der Waals surface area contributed by atoms with Gasteiger partial charge in [-0.1, -0.05) is 12.8 Å². The van der Waals surface area contributed by atoms with E-state index in [1.54, 1.807) is 8.61 Å². The first-order chi connectivity index (χ1) is 11.6. The number of morpholine rings is 1. The molecule has 0 bridgehead atoms. The Labute approximate surface area is 145 Å². The molecule has 0 atom stereocenters. The molecule has 0 aromatic rings. The van der Waals surface area contributed by atoms with Gasteiger partial charge in [0, 0.05) is 45.2 Å². The normalized spacial score (nSPS) is 26.2. The third-order valence-electron chi connectivity index (χ3n) is 5.34. The van der Waals surface area contributed by atoms with Crippen molar-refractivity contribution in [1.82, 2.24) is 13.5 Å². The van der Waals surface area contributed by atoms with Crippen LogP contribution in [-0.4, -0.2) is 80.3 Å². The van der Waals surface area contributed by atoms with Crippen LogP contribution in [0, 0.1) is 5.92 Å². The molecule has 138 valence electrons. The van der Waals surface area contributed by atoms with Gasteiger partial charge in [0.05, 0.1) is 13.2 Å². The van der Waals surface area contributed by atoms with E-state index >= 15 is 0 Å². The van der Waals surface area contributed by atoms with Crippen LogP contribution in [0.5, 0.6) is 0 Å². The first kappa shape index (κ1) is 18.1. The number of carbonyl (C=O) groups excluding carboxylic acids is 1. The monoisotopic (exact) mass is 359 g/mol. The number of piperidine rings is 1. The molecule has 1 amide bonds. The molecule has 7 nitrogen and oxygen atoms in total. The number of hydrogen-bond donors (Lipinski definition) is 0. The Bertz CT molecular complexity index is 517. The molecule has 0 radical (unpaired) electrons. The van der Waals surface area contributed by atoms with E-state index in [-0.39, 0.29) is 11.8 Å². The second-order valence-electron chi connectivity index (χ2n) is 6.93. The molecule has 3 aliphatic rings. The van der Waals surface area contributed by atoms with Gasteiger partial charge in [-0.25, -0.2) is 0 Å². The predicted octanol–water partition coefficient (Wildman–Crippen LogP) is 0.678. The van der Waals surface area contributed by atoms with Crippen molar-refractivity contribution in [3.63, 3.8) is 0 Å².